The van der Waals surface area contributed by atoms with E-state index in [1.165, 1.54) is 136 Å². The van der Waals surface area contributed by atoms with Crippen molar-refractivity contribution in [3.63, 3.8) is 0 Å². The van der Waals surface area contributed by atoms with Gasteiger partial charge < -0.3 is 9.80 Å². The molecule has 67 heavy (non-hydrogen) atoms. The van der Waals surface area contributed by atoms with Gasteiger partial charge in [-0.25, -0.2) is 0 Å². The Morgan fingerprint density at radius 3 is 1.66 bits per heavy atom. The number of anilines is 6. The van der Waals surface area contributed by atoms with Crippen LogP contribution < -0.4 is 25.5 Å². The zero-order valence-corrected chi connectivity index (χ0v) is 43.9. The molecule has 0 N–H and O–H groups in total. The maximum Gasteiger partial charge on any atom is 0.264 e. The largest absolute Gasteiger partial charge is 0.311 e. The third-order valence-corrected chi connectivity index (χ3v) is 18.1. The van der Waals surface area contributed by atoms with Crippen molar-refractivity contribution in [2.75, 3.05) is 9.80 Å². The number of hydrogen-bond donors (Lipinski definition) is 0. The minimum atomic E-state index is -0.00591. The minimum absolute atomic E-state index is 0.00591. The molecule has 0 radical (unpaired) electrons. The van der Waals surface area contributed by atoms with Crippen molar-refractivity contribution < 1.29 is 0 Å². The number of nitrogens with zero attached hydrogens (tertiary/aromatic N) is 2. The number of hydrogen-bond acceptors (Lipinski definition) is 3. The molecule has 4 aliphatic rings. The summed E-state index contributed by atoms with van der Waals surface area (Å²) in [6.07, 6.45) is 4.76. The Kier molecular flexibility index (Phi) is 9.61. The molecular weight excluding hydrogens is 828 g/mol. The first-order valence-corrected chi connectivity index (χ1v) is 26.0. The van der Waals surface area contributed by atoms with Gasteiger partial charge in [0.1, 0.15) is 0 Å². The highest BCUT2D eigenvalue weighted by molar-refractivity contribution is 7.33. The summed E-state index contributed by atoms with van der Waals surface area (Å²) in [5, 5.41) is 1.36. The molecule has 0 saturated carbocycles. The number of rotatable bonds is 3. The summed E-state index contributed by atoms with van der Waals surface area (Å²) >= 11 is 2.01. The third kappa shape index (κ3) is 6.84. The average molecular weight is 899 g/mol. The van der Waals surface area contributed by atoms with Gasteiger partial charge in [-0.05, 0) is 181 Å². The number of thiophene rings is 1. The first-order valence-electron chi connectivity index (χ1n) is 25.2. The lowest BCUT2D eigenvalue weighted by molar-refractivity contribution is 0.332. The fourth-order valence-electron chi connectivity index (χ4n) is 12.6. The average Bonchev–Trinajstić information content (AvgIpc) is 3.64. The fourth-order valence-corrected chi connectivity index (χ4v) is 13.9. The van der Waals surface area contributed by atoms with Gasteiger partial charge >= 0.3 is 0 Å². The molecule has 3 heterocycles. The normalized spacial score (nSPS) is 18.5. The van der Waals surface area contributed by atoms with Crippen LogP contribution in [0.2, 0.25) is 0 Å². The van der Waals surface area contributed by atoms with Gasteiger partial charge in [0.25, 0.3) is 6.71 Å². The van der Waals surface area contributed by atoms with E-state index in [2.05, 4.69) is 223 Å². The van der Waals surface area contributed by atoms with Crippen molar-refractivity contribution in [3.05, 3.63) is 148 Å². The summed E-state index contributed by atoms with van der Waals surface area (Å²) in [6.45, 7) is 36.1. The predicted molar refractivity (Wildman–Crippen MR) is 294 cm³/mol. The highest BCUT2D eigenvalue weighted by atomic mass is 32.1. The van der Waals surface area contributed by atoms with E-state index in [0.29, 0.717) is 0 Å². The SMILES string of the molecule is Cc1cc2c3c(c1)N(c1ccc4c(c1)C(C)(C)CCC4(C)C)c1c(sc4ccc(C(C)(C)C)cc14)B3c1ccc(-c3ccccc3C(C)(C)C)cc1N2c1ccc2c(c1)C(C)(C)CCC2(C)C. The molecule has 0 bridgehead atoms. The number of aryl methyl sites for hydroxylation is 1. The molecule has 0 unspecified atom stereocenters. The van der Waals surface area contributed by atoms with Crippen molar-refractivity contribution in [2.45, 2.75) is 162 Å². The van der Waals surface area contributed by atoms with Crippen LogP contribution in [0.15, 0.2) is 109 Å². The van der Waals surface area contributed by atoms with Gasteiger partial charge in [-0.3, -0.25) is 0 Å². The van der Waals surface area contributed by atoms with E-state index in [1.807, 2.05) is 11.3 Å². The molecule has 2 aliphatic heterocycles. The van der Waals surface area contributed by atoms with Gasteiger partial charge in [0.2, 0.25) is 0 Å². The topological polar surface area (TPSA) is 6.48 Å². The molecule has 0 spiro atoms. The molecule has 2 nitrogen and oxygen atoms in total. The zero-order valence-electron chi connectivity index (χ0n) is 43.1. The smallest absolute Gasteiger partial charge is 0.264 e. The van der Waals surface area contributed by atoms with E-state index >= 15 is 0 Å². The van der Waals surface area contributed by atoms with Crippen molar-refractivity contribution >= 4 is 78.0 Å². The number of fused-ring (bicyclic) bond motifs is 8. The fraction of sp³-hybridized carbons (Fsp3) is 0.397. The van der Waals surface area contributed by atoms with Crippen LogP contribution in [0, 0.1) is 6.92 Å². The second-order valence-electron chi connectivity index (χ2n) is 25.7. The van der Waals surface area contributed by atoms with E-state index in [4.69, 9.17) is 0 Å². The lowest BCUT2D eigenvalue weighted by Gasteiger charge is -2.46. The highest BCUT2D eigenvalue weighted by Crippen LogP contribution is 2.54. The van der Waals surface area contributed by atoms with Crippen LogP contribution >= 0.6 is 11.3 Å². The summed E-state index contributed by atoms with van der Waals surface area (Å²) in [6, 6.07) is 44.0. The minimum Gasteiger partial charge on any atom is -0.311 e. The van der Waals surface area contributed by atoms with Crippen LogP contribution in [0.3, 0.4) is 0 Å². The van der Waals surface area contributed by atoms with Crippen molar-refractivity contribution in [1.29, 1.82) is 0 Å². The van der Waals surface area contributed by atoms with Gasteiger partial charge in [0, 0.05) is 43.3 Å². The van der Waals surface area contributed by atoms with Crippen LogP contribution in [0.4, 0.5) is 34.1 Å². The van der Waals surface area contributed by atoms with Crippen molar-refractivity contribution in [3.8, 4) is 11.1 Å². The monoisotopic (exact) mass is 899 g/mol. The maximum absolute atomic E-state index is 2.70. The van der Waals surface area contributed by atoms with E-state index in [0.717, 1.165) is 0 Å². The second kappa shape index (κ2) is 14.5. The van der Waals surface area contributed by atoms with E-state index in [-0.39, 0.29) is 39.2 Å². The van der Waals surface area contributed by atoms with Gasteiger partial charge in [0.05, 0.1) is 5.69 Å². The molecule has 0 amide bonds. The van der Waals surface area contributed by atoms with Crippen LogP contribution in [-0.4, -0.2) is 6.71 Å². The lowest BCUT2D eigenvalue weighted by Crippen LogP contribution is -2.60. The van der Waals surface area contributed by atoms with E-state index in [9.17, 15) is 0 Å². The molecule has 342 valence electrons. The molecule has 0 atom stereocenters. The van der Waals surface area contributed by atoms with E-state index < -0.39 is 0 Å². The highest BCUT2D eigenvalue weighted by Gasteiger charge is 2.47. The zero-order chi connectivity index (χ0) is 47.5. The molecule has 7 aromatic rings. The Morgan fingerprint density at radius 1 is 0.522 bits per heavy atom. The van der Waals surface area contributed by atoms with Crippen molar-refractivity contribution in [1.82, 2.24) is 0 Å². The van der Waals surface area contributed by atoms with Gasteiger partial charge in [0.15, 0.2) is 0 Å². The molecule has 4 heteroatoms. The lowest BCUT2D eigenvalue weighted by atomic mass is 9.36. The Balaban J connectivity index is 1.24. The second-order valence-corrected chi connectivity index (χ2v) is 26.7. The third-order valence-electron chi connectivity index (χ3n) is 16.9. The molecule has 0 saturated heterocycles. The van der Waals surface area contributed by atoms with Gasteiger partial charge in [-0.1, -0.05) is 152 Å². The number of benzene rings is 6. The van der Waals surface area contributed by atoms with Crippen LogP contribution in [0.5, 0.6) is 0 Å². The summed E-state index contributed by atoms with van der Waals surface area (Å²) < 4.78 is 2.79. The summed E-state index contributed by atoms with van der Waals surface area (Å²) in [5.74, 6) is 0. The summed E-state index contributed by atoms with van der Waals surface area (Å²) in [4.78, 5) is 5.38. The Morgan fingerprint density at radius 2 is 1.07 bits per heavy atom. The van der Waals surface area contributed by atoms with E-state index in [1.54, 1.807) is 0 Å². The molecule has 6 aromatic carbocycles. The molecular formula is C63H71BN2S. The Labute approximate surface area is 406 Å². The Hall–Kier alpha value is -5.06. The van der Waals surface area contributed by atoms with Crippen LogP contribution in [0.25, 0.3) is 21.2 Å². The van der Waals surface area contributed by atoms with Crippen molar-refractivity contribution in [2.24, 2.45) is 0 Å². The maximum atomic E-state index is 2.70. The predicted octanol–water partition coefficient (Wildman–Crippen LogP) is 16.3. The Bertz CT molecular complexity index is 3200. The van der Waals surface area contributed by atoms with Gasteiger partial charge in [-0.15, -0.1) is 11.3 Å². The van der Waals surface area contributed by atoms with Crippen LogP contribution in [-0.2, 0) is 32.5 Å². The summed E-state index contributed by atoms with van der Waals surface area (Å²) in [7, 11) is 0. The quantitative estimate of drug-likeness (QED) is 0.163. The molecule has 1 aromatic heterocycles. The first-order chi connectivity index (χ1) is 31.4. The summed E-state index contributed by atoms with van der Waals surface area (Å²) in [5.41, 5.74) is 23.6. The molecule has 11 rings (SSSR count). The standard InChI is InChI=1S/C63H71BN2S/c1-38-32-52-55-53(33-38)66(42-23-25-47-49(37-42)63(14,15)31-29-61(47,10)11)56-44-35-40(58(2,3)4)21-27-54(44)67-57(56)64(55)50-26-20-39(43-18-16-17-19-45(43)59(5,6)7)34-51(50)65(52)41-22-24-46-48(36-41)62(12,13)30-28-60(46,8)9/h16-27,32-37H,28-31H2,1-15H3. The molecule has 0 fully saturated rings. The molecule has 2 aliphatic carbocycles. The van der Waals surface area contributed by atoms with Gasteiger partial charge in [-0.2, -0.15) is 0 Å². The first kappa shape index (κ1) is 44.5. The van der Waals surface area contributed by atoms with Crippen LogP contribution in [0.1, 0.15) is 162 Å².